The van der Waals surface area contributed by atoms with Gasteiger partial charge in [-0.3, -0.25) is 37.3 Å². The van der Waals surface area contributed by atoms with E-state index in [1.54, 1.807) is 0 Å². The van der Waals surface area contributed by atoms with E-state index in [-0.39, 0.29) is 25.7 Å². The van der Waals surface area contributed by atoms with E-state index in [0.717, 1.165) is 102 Å². The van der Waals surface area contributed by atoms with Gasteiger partial charge in [0, 0.05) is 25.7 Å². The number of carbonyl (C=O) groups excluding carboxylic acids is 4. The van der Waals surface area contributed by atoms with Crippen LogP contribution in [0.3, 0.4) is 0 Å². The van der Waals surface area contributed by atoms with Gasteiger partial charge in [-0.2, -0.15) is 0 Å². The first-order valence-electron chi connectivity index (χ1n) is 34.2. The van der Waals surface area contributed by atoms with Crippen molar-refractivity contribution in [3.63, 3.8) is 0 Å². The second kappa shape index (κ2) is 56.1. The van der Waals surface area contributed by atoms with E-state index in [0.29, 0.717) is 43.4 Å². The van der Waals surface area contributed by atoms with Crippen molar-refractivity contribution < 1.29 is 80.2 Å². The largest absolute Gasteiger partial charge is 0.472 e. The van der Waals surface area contributed by atoms with Crippen LogP contribution in [0.25, 0.3) is 0 Å². The van der Waals surface area contributed by atoms with E-state index in [4.69, 9.17) is 37.0 Å². The minimum atomic E-state index is -4.95. The molecule has 5 atom stereocenters. The maximum Gasteiger partial charge on any atom is 0.472 e. The zero-order chi connectivity index (χ0) is 63.2. The molecule has 3 unspecified atom stereocenters. The molecule has 0 aromatic heterocycles. The Morgan fingerprint density at radius 2 is 0.494 bits per heavy atom. The van der Waals surface area contributed by atoms with Gasteiger partial charge >= 0.3 is 39.5 Å². The average molecular weight is 1260 g/mol. The first-order valence-corrected chi connectivity index (χ1v) is 37.2. The van der Waals surface area contributed by atoms with E-state index in [1.165, 1.54) is 116 Å². The number of ether oxygens (including phenoxy) is 4. The fourth-order valence-electron chi connectivity index (χ4n) is 9.78. The molecule has 0 aliphatic rings. The van der Waals surface area contributed by atoms with Crippen molar-refractivity contribution in [1.29, 1.82) is 0 Å². The van der Waals surface area contributed by atoms with Gasteiger partial charge in [0.15, 0.2) is 12.2 Å². The van der Waals surface area contributed by atoms with Gasteiger partial charge in [-0.05, 0) is 49.4 Å². The van der Waals surface area contributed by atoms with Crippen LogP contribution < -0.4 is 0 Å². The number of hydrogen-bond donors (Lipinski definition) is 3. The minimum absolute atomic E-state index is 0.101. The molecule has 3 N–H and O–H groups in total. The van der Waals surface area contributed by atoms with Crippen LogP contribution in [0.4, 0.5) is 0 Å². The van der Waals surface area contributed by atoms with Crippen LogP contribution in [-0.2, 0) is 65.4 Å². The summed E-state index contributed by atoms with van der Waals surface area (Å²) >= 11 is 0. The first-order chi connectivity index (χ1) is 40.6. The van der Waals surface area contributed by atoms with Gasteiger partial charge in [-0.1, -0.05) is 267 Å². The van der Waals surface area contributed by atoms with Crippen LogP contribution in [0.2, 0.25) is 0 Å². The van der Waals surface area contributed by atoms with Crippen molar-refractivity contribution in [1.82, 2.24) is 0 Å². The van der Waals surface area contributed by atoms with Crippen molar-refractivity contribution in [3.8, 4) is 0 Å². The number of aliphatic hydroxyl groups is 1. The fourth-order valence-corrected chi connectivity index (χ4v) is 11.4. The molecule has 0 fully saturated rings. The summed E-state index contributed by atoms with van der Waals surface area (Å²) in [5, 5.41) is 10.5. The van der Waals surface area contributed by atoms with Crippen molar-refractivity contribution in [2.45, 2.75) is 337 Å². The SMILES string of the molecule is CC(C)CCCCCCCCCCCCCCCCC(=O)OC[C@H](COP(=O)(O)OCC(O)COP(=O)(O)OC[C@@H](COC(=O)CCCCCCCCCC(C)C)OC(=O)CCCCCCCCC(C)C)OC(=O)CCCCCCCCC(C)C. The van der Waals surface area contributed by atoms with Crippen LogP contribution >= 0.6 is 15.6 Å². The van der Waals surface area contributed by atoms with E-state index in [2.05, 4.69) is 55.4 Å². The summed E-state index contributed by atoms with van der Waals surface area (Å²) in [6.07, 6.45) is 36.7. The number of unbranched alkanes of at least 4 members (excludes halogenated alkanes) is 29. The Hall–Kier alpha value is -1.94. The smallest absolute Gasteiger partial charge is 0.462 e. The quantitative estimate of drug-likeness (QED) is 0.0222. The number of aliphatic hydroxyl groups excluding tert-OH is 1. The van der Waals surface area contributed by atoms with E-state index < -0.39 is 97.5 Å². The zero-order valence-corrected chi connectivity index (χ0v) is 57.0. The highest BCUT2D eigenvalue weighted by atomic mass is 31.2. The lowest BCUT2D eigenvalue weighted by molar-refractivity contribution is -0.161. The summed E-state index contributed by atoms with van der Waals surface area (Å²) < 4.78 is 68.0. The summed E-state index contributed by atoms with van der Waals surface area (Å²) in [6.45, 7) is 13.9. The second-order valence-electron chi connectivity index (χ2n) is 25.8. The third-order valence-corrected chi connectivity index (χ3v) is 17.0. The number of esters is 4. The lowest BCUT2D eigenvalue weighted by Crippen LogP contribution is -2.30. The zero-order valence-electron chi connectivity index (χ0n) is 55.2. The predicted molar refractivity (Wildman–Crippen MR) is 340 cm³/mol. The van der Waals surface area contributed by atoms with Crippen LogP contribution in [0.5, 0.6) is 0 Å². The van der Waals surface area contributed by atoms with Gasteiger partial charge in [0.1, 0.15) is 19.3 Å². The number of carbonyl (C=O) groups is 4. The molecular weight excluding hydrogens is 1130 g/mol. The first kappa shape index (κ1) is 83.1. The summed E-state index contributed by atoms with van der Waals surface area (Å²) in [6, 6.07) is 0. The molecule has 0 rings (SSSR count). The molecule has 504 valence electrons. The highest BCUT2D eigenvalue weighted by Gasteiger charge is 2.30. The Kier molecular flexibility index (Phi) is 54.8. The van der Waals surface area contributed by atoms with Gasteiger partial charge in [0.25, 0.3) is 0 Å². The molecule has 0 aliphatic carbocycles. The molecule has 0 aliphatic heterocycles. The molecule has 0 saturated carbocycles. The molecular formula is C66H128O17P2. The van der Waals surface area contributed by atoms with E-state index in [9.17, 15) is 43.2 Å². The monoisotopic (exact) mass is 1250 g/mol. The highest BCUT2D eigenvalue weighted by Crippen LogP contribution is 2.45. The molecule has 0 heterocycles. The summed E-state index contributed by atoms with van der Waals surface area (Å²) in [5.41, 5.74) is 0. The van der Waals surface area contributed by atoms with Crippen LogP contribution in [0.15, 0.2) is 0 Å². The van der Waals surface area contributed by atoms with Gasteiger partial charge in [0.05, 0.1) is 26.4 Å². The molecule has 19 heteroatoms. The van der Waals surface area contributed by atoms with Gasteiger partial charge < -0.3 is 33.8 Å². The fraction of sp³-hybridized carbons (Fsp3) is 0.939. The lowest BCUT2D eigenvalue weighted by Gasteiger charge is -2.21. The van der Waals surface area contributed by atoms with Crippen molar-refractivity contribution in [2.75, 3.05) is 39.6 Å². The maximum atomic E-state index is 13.0. The third kappa shape index (κ3) is 60.7. The Morgan fingerprint density at radius 1 is 0.294 bits per heavy atom. The molecule has 17 nitrogen and oxygen atoms in total. The molecule has 85 heavy (non-hydrogen) atoms. The second-order valence-corrected chi connectivity index (χ2v) is 28.7. The molecule has 0 spiro atoms. The lowest BCUT2D eigenvalue weighted by atomic mass is 10.0. The third-order valence-electron chi connectivity index (χ3n) is 15.1. The Balaban J connectivity index is 5.16. The summed E-state index contributed by atoms with van der Waals surface area (Å²) in [5.74, 6) is 0.699. The topological polar surface area (TPSA) is 237 Å². The van der Waals surface area contributed by atoms with Gasteiger partial charge in [-0.15, -0.1) is 0 Å². The molecule has 0 amide bonds. The molecule has 0 aromatic rings. The number of rotatable bonds is 63. The van der Waals surface area contributed by atoms with Crippen LogP contribution in [-0.4, -0.2) is 96.7 Å². The predicted octanol–water partition coefficient (Wildman–Crippen LogP) is 18.1. The molecule has 0 aromatic carbocycles. The van der Waals surface area contributed by atoms with Crippen molar-refractivity contribution in [3.05, 3.63) is 0 Å². The van der Waals surface area contributed by atoms with Gasteiger partial charge in [-0.25, -0.2) is 9.13 Å². The normalized spacial score (nSPS) is 14.4. The van der Waals surface area contributed by atoms with E-state index in [1.807, 2.05) is 0 Å². The maximum absolute atomic E-state index is 13.0. The van der Waals surface area contributed by atoms with Crippen LogP contribution in [0, 0.1) is 23.7 Å². The van der Waals surface area contributed by atoms with Crippen LogP contribution in [0.1, 0.15) is 319 Å². The highest BCUT2D eigenvalue weighted by molar-refractivity contribution is 7.47. The average Bonchev–Trinajstić information content (AvgIpc) is 3.61. The standard InChI is InChI=1S/C66H128O17P2/c1-56(2)42-34-26-18-15-13-11-9-10-12-14-16-20-30-38-46-63(68)76-52-61(82-65(70)48-40-32-24-22-28-36-44-58(5)6)54-80-84(72,73)78-50-60(67)51-79-85(74,75)81-55-62(83-66(71)49-41-33-25-23-29-37-45-59(7)8)53-77-64(69)47-39-31-21-17-19-27-35-43-57(3)4/h56-62,67H,9-55H2,1-8H3,(H,72,73)(H,74,75)/t60?,61-,62-/m1/s1. The molecule has 0 radical (unpaired) electrons. The molecule has 0 bridgehead atoms. The summed E-state index contributed by atoms with van der Waals surface area (Å²) in [4.78, 5) is 72.2. The molecule has 0 saturated heterocycles. The summed E-state index contributed by atoms with van der Waals surface area (Å²) in [7, 11) is -9.89. The Labute approximate surface area is 517 Å². The number of phosphoric ester groups is 2. The number of phosphoric acid groups is 2. The van der Waals surface area contributed by atoms with Crippen molar-refractivity contribution in [2.24, 2.45) is 23.7 Å². The van der Waals surface area contributed by atoms with Crippen molar-refractivity contribution >= 4 is 39.5 Å². The number of hydrogen-bond acceptors (Lipinski definition) is 15. The Bertz CT molecular complexity index is 1700. The Morgan fingerprint density at radius 3 is 0.729 bits per heavy atom. The van der Waals surface area contributed by atoms with E-state index >= 15 is 0 Å². The minimum Gasteiger partial charge on any atom is -0.462 e. The van der Waals surface area contributed by atoms with Gasteiger partial charge in [0.2, 0.25) is 0 Å².